The van der Waals surface area contributed by atoms with Crippen LogP contribution in [0.25, 0.3) is 16.8 Å². The Hall–Kier alpha value is -2.48. The summed E-state index contributed by atoms with van der Waals surface area (Å²) in [5, 5.41) is 0. The molecule has 6 nitrogen and oxygen atoms in total. The fourth-order valence-corrected chi connectivity index (χ4v) is 5.91. The number of rotatable bonds is 4. The zero-order valence-electron chi connectivity index (χ0n) is 19.2. The summed E-state index contributed by atoms with van der Waals surface area (Å²) in [5.41, 5.74) is 5.94. The Morgan fingerprint density at radius 2 is 1.67 bits per heavy atom. The topological polar surface area (TPSA) is 36.8 Å². The van der Waals surface area contributed by atoms with Gasteiger partial charge in [-0.05, 0) is 42.4 Å². The summed E-state index contributed by atoms with van der Waals surface area (Å²) in [6, 6.07) is 15.5. The molecule has 172 valence electrons. The van der Waals surface area contributed by atoms with Crippen molar-refractivity contribution in [1.29, 1.82) is 0 Å². The minimum absolute atomic E-state index is 0.522. The Morgan fingerprint density at radius 3 is 2.45 bits per heavy atom. The molecule has 0 bridgehead atoms. The first-order valence-electron chi connectivity index (χ1n) is 11.9. The number of nitrogens with zero attached hydrogens (tertiary/aromatic N) is 5. The Bertz CT molecular complexity index is 1110. The number of hydrogen-bond acceptors (Lipinski definition) is 6. The van der Waals surface area contributed by atoms with Crippen molar-refractivity contribution in [2.24, 2.45) is 0 Å². The first-order chi connectivity index (χ1) is 16.2. The Labute approximate surface area is 200 Å². The molecule has 0 N–H and O–H groups in total. The lowest BCUT2D eigenvalue weighted by atomic mass is 10.0. The quantitative estimate of drug-likeness (QED) is 0.589. The molecule has 1 aromatic heterocycles. The van der Waals surface area contributed by atoms with E-state index in [1.165, 1.54) is 28.3 Å². The molecular weight excluding hydrogens is 430 g/mol. The maximum absolute atomic E-state index is 6.13. The average Bonchev–Trinajstić information content (AvgIpc) is 3.28. The molecule has 0 amide bonds. The van der Waals surface area contributed by atoms with Crippen LogP contribution >= 0.6 is 11.8 Å². The Balaban J connectivity index is 1.20. The zero-order valence-corrected chi connectivity index (χ0v) is 20.1. The lowest BCUT2D eigenvalue weighted by Gasteiger charge is -2.34. The second-order valence-corrected chi connectivity index (χ2v) is 10.4. The van der Waals surface area contributed by atoms with Crippen molar-refractivity contribution in [1.82, 2.24) is 19.4 Å². The van der Waals surface area contributed by atoms with Crippen molar-refractivity contribution in [3.8, 4) is 22.6 Å². The van der Waals surface area contributed by atoms with Crippen LogP contribution in [0.4, 0.5) is 5.69 Å². The first kappa shape index (κ1) is 21.1. The van der Waals surface area contributed by atoms with Gasteiger partial charge in [-0.1, -0.05) is 18.2 Å². The first-order valence-corrected chi connectivity index (χ1v) is 13.1. The number of benzene rings is 2. The van der Waals surface area contributed by atoms with Crippen LogP contribution in [0, 0.1) is 0 Å². The molecule has 2 saturated heterocycles. The number of thioether (sulfide) groups is 1. The molecule has 0 radical (unpaired) electrons. The van der Waals surface area contributed by atoms with E-state index < -0.39 is 0 Å². The van der Waals surface area contributed by atoms with Crippen LogP contribution in [0.15, 0.2) is 48.7 Å². The third-order valence-electron chi connectivity index (χ3n) is 6.96. The molecule has 3 aliphatic rings. The molecule has 0 atom stereocenters. The predicted octanol–water partition coefficient (Wildman–Crippen LogP) is 3.73. The summed E-state index contributed by atoms with van der Waals surface area (Å²) < 4.78 is 8.35. The van der Waals surface area contributed by atoms with Gasteiger partial charge < -0.3 is 14.5 Å². The van der Waals surface area contributed by atoms with Crippen LogP contribution < -0.4 is 9.64 Å². The van der Waals surface area contributed by atoms with E-state index in [4.69, 9.17) is 9.72 Å². The van der Waals surface area contributed by atoms with Crippen LogP contribution in [-0.2, 0) is 13.2 Å². The number of hydrogen-bond donors (Lipinski definition) is 0. The zero-order chi connectivity index (χ0) is 22.2. The normalized spacial score (nSPS) is 19.1. The highest BCUT2D eigenvalue weighted by Crippen LogP contribution is 2.35. The Kier molecular flexibility index (Phi) is 5.78. The van der Waals surface area contributed by atoms with Crippen molar-refractivity contribution in [2.45, 2.75) is 13.2 Å². The lowest BCUT2D eigenvalue weighted by molar-refractivity contribution is 0.278. The van der Waals surface area contributed by atoms with Crippen molar-refractivity contribution < 1.29 is 4.74 Å². The highest BCUT2D eigenvalue weighted by Gasteiger charge is 2.21. The molecule has 0 spiro atoms. The summed E-state index contributed by atoms with van der Waals surface area (Å²) >= 11 is 2.04. The van der Waals surface area contributed by atoms with Gasteiger partial charge in [-0.2, -0.15) is 11.8 Å². The van der Waals surface area contributed by atoms with Crippen LogP contribution in [0.1, 0.15) is 11.5 Å². The third kappa shape index (κ3) is 4.37. The smallest absolute Gasteiger partial charge is 0.151 e. The predicted molar refractivity (Wildman–Crippen MR) is 136 cm³/mol. The fraction of sp³-hybridized carbons (Fsp3) is 0.423. The molecular formula is C26H31N5OS. The SMILES string of the molecule is CN1CCN(c2ccc(-c3ccc4c(c3)OCc3nc(CN5CCSCC5)cn3-4)cc2)CC1. The van der Waals surface area contributed by atoms with Crippen LogP contribution in [0.5, 0.6) is 5.75 Å². The summed E-state index contributed by atoms with van der Waals surface area (Å²) in [6.45, 7) is 8.18. The number of anilines is 1. The number of fused-ring (bicyclic) bond motifs is 3. The summed E-state index contributed by atoms with van der Waals surface area (Å²) in [7, 11) is 2.19. The highest BCUT2D eigenvalue weighted by molar-refractivity contribution is 7.99. The molecule has 33 heavy (non-hydrogen) atoms. The van der Waals surface area contributed by atoms with E-state index >= 15 is 0 Å². The maximum atomic E-state index is 6.13. The number of ether oxygens (including phenoxy) is 1. The molecule has 7 heteroatoms. The van der Waals surface area contributed by atoms with Gasteiger partial charge in [0, 0.05) is 69.2 Å². The van der Waals surface area contributed by atoms with Gasteiger partial charge in [-0.15, -0.1) is 0 Å². The molecule has 2 aromatic carbocycles. The highest BCUT2D eigenvalue weighted by atomic mass is 32.2. The summed E-state index contributed by atoms with van der Waals surface area (Å²) in [4.78, 5) is 12.2. The lowest BCUT2D eigenvalue weighted by Crippen LogP contribution is -2.44. The van der Waals surface area contributed by atoms with Gasteiger partial charge in [0.05, 0.1) is 11.4 Å². The second-order valence-electron chi connectivity index (χ2n) is 9.22. The monoisotopic (exact) mass is 461 g/mol. The standard InChI is InChI=1S/C26H31N5OS/c1-28-8-10-30(11-9-28)23-5-2-20(3-6-23)21-4-7-24-25(16-21)32-19-26-27-22(18-31(24)26)17-29-12-14-33-15-13-29/h2-7,16,18H,8-15,17,19H2,1H3. The maximum Gasteiger partial charge on any atom is 0.151 e. The minimum atomic E-state index is 0.522. The fourth-order valence-electron chi connectivity index (χ4n) is 4.93. The van der Waals surface area contributed by atoms with E-state index in [0.29, 0.717) is 6.61 Å². The van der Waals surface area contributed by atoms with Gasteiger partial charge >= 0.3 is 0 Å². The van der Waals surface area contributed by atoms with Crippen molar-refractivity contribution in [2.75, 3.05) is 62.7 Å². The van der Waals surface area contributed by atoms with Gasteiger partial charge in [0.15, 0.2) is 5.82 Å². The van der Waals surface area contributed by atoms with E-state index in [9.17, 15) is 0 Å². The molecule has 2 fully saturated rings. The van der Waals surface area contributed by atoms with Gasteiger partial charge in [0.25, 0.3) is 0 Å². The van der Waals surface area contributed by atoms with Crippen LogP contribution in [-0.4, -0.2) is 77.2 Å². The van der Waals surface area contributed by atoms with Crippen molar-refractivity contribution in [3.05, 3.63) is 60.2 Å². The number of piperazine rings is 1. The van der Waals surface area contributed by atoms with E-state index in [1.54, 1.807) is 0 Å². The summed E-state index contributed by atoms with van der Waals surface area (Å²) in [6.07, 6.45) is 2.20. The molecule has 3 aliphatic heterocycles. The molecule has 4 heterocycles. The largest absolute Gasteiger partial charge is 0.483 e. The number of aromatic nitrogens is 2. The van der Waals surface area contributed by atoms with Gasteiger partial charge in [0.2, 0.25) is 0 Å². The molecule has 0 aliphatic carbocycles. The molecule has 6 rings (SSSR count). The Morgan fingerprint density at radius 1 is 0.909 bits per heavy atom. The molecule has 0 unspecified atom stereocenters. The second kappa shape index (κ2) is 9.05. The molecule has 3 aromatic rings. The number of likely N-dealkylation sites (N-methyl/N-ethyl adjacent to an activating group) is 1. The van der Waals surface area contributed by atoms with Gasteiger partial charge in [-0.3, -0.25) is 9.47 Å². The van der Waals surface area contributed by atoms with E-state index in [1.807, 2.05) is 11.8 Å². The van der Waals surface area contributed by atoms with E-state index in [0.717, 1.165) is 68.8 Å². The summed E-state index contributed by atoms with van der Waals surface area (Å²) in [5.74, 6) is 4.37. The molecule has 0 saturated carbocycles. The van der Waals surface area contributed by atoms with Crippen molar-refractivity contribution >= 4 is 17.4 Å². The van der Waals surface area contributed by atoms with E-state index in [-0.39, 0.29) is 0 Å². The third-order valence-corrected chi connectivity index (χ3v) is 7.91. The van der Waals surface area contributed by atoms with Crippen LogP contribution in [0.3, 0.4) is 0 Å². The number of imidazole rings is 1. The van der Waals surface area contributed by atoms with Gasteiger partial charge in [0.1, 0.15) is 12.4 Å². The van der Waals surface area contributed by atoms with Gasteiger partial charge in [-0.25, -0.2) is 4.98 Å². The van der Waals surface area contributed by atoms with Crippen molar-refractivity contribution in [3.63, 3.8) is 0 Å². The van der Waals surface area contributed by atoms with Crippen LogP contribution in [0.2, 0.25) is 0 Å². The van der Waals surface area contributed by atoms with E-state index in [2.05, 4.69) is 75.0 Å². The minimum Gasteiger partial charge on any atom is -0.483 e. The average molecular weight is 462 g/mol.